The number of anilines is 2. The molecule has 2 aliphatic rings. The Hall–Kier alpha value is -2.60. The normalized spacial score (nSPS) is 21.1. The van der Waals surface area contributed by atoms with Crippen LogP contribution in [-0.4, -0.2) is 42.3 Å². The summed E-state index contributed by atoms with van der Waals surface area (Å²) in [4.78, 5) is 19.7. The molecular formula is C24H31N3O3. The molecule has 0 saturated heterocycles. The van der Waals surface area contributed by atoms with Crippen molar-refractivity contribution < 1.29 is 14.3 Å². The van der Waals surface area contributed by atoms with Crippen molar-refractivity contribution >= 4 is 17.4 Å². The van der Waals surface area contributed by atoms with E-state index in [4.69, 9.17) is 9.47 Å². The summed E-state index contributed by atoms with van der Waals surface area (Å²) in [6.45, 7) is 7.39. The van der Waals surface area contributed by atoms with Gasteiger partial charge in [0.25, 0.3) is 5.91 Å². The first-order valence-electron chi connectivity index (χ1n) is 10.9. The first-order valence-corrected chi connectivity index (χ1v) is 10.9. The summed E-state index contributed by atoms with van der Waals surface area (Å²) in [6.07, 6.45) is 6.28. The number of hydrogen-bond donors (Lipinski definition) is 1. The van der Waals surface area contributed by atoms with Crippen molar-refractivity contribution in [2.24, 2.45) is 0 Å². The molecule has 0 radical (unpaired) electrons. The van der Waals surface area contributed by atoms with E-state index in [1.54, 1.807) is 0 Å². The van der Waals surface area contributed by atoms with E-state index in [1.165, 1.54) is 0 Å². The smallest absolute Gasteiger partial charge is 0.255 e. The van der Waals surface area contributed by atoms with Gasteiger partial charge in [-0.05, 0) is 70.2 Å². The predicted octanol–water partition coefficient (Wildman–Crippen LogP) is 4.39. The first kappa shape index (κ1) is 20.7. The molecule has 1 aliphatic heterocycles. The largest absolute Gasteiger partial charge is 0.489 e. The molecule has 1 N–H and O–H groups in total. The van der Waals surface area contributed by atoms with E-state index in [1.807, 2.05) is 43.5 Å². The first-order chi connectivity index (χ1) is 14.5. The maximum Gasteiger partial charge on any atom is 0.255 e. The van der Waals surface area contributed by atoms with Crippen molar-refractivity contribution in [2.45, 2.75) is 64.7 Å². The molecule has 1 amide bonds. The molecule has 6 heteroatoms. The quantitative estimate of drug-likeness (QED) is 0.794. The second-order valence-electron chi connectivity index (χ2n) is 8.48. The van der Waals surface area contributed by atoms with Crippen LogP contribution >= 0.6 is 0 Å². The van der Waals surface area contributed by atoms with Gasteiger partial charge in [0.2, 0.25) is 0 Å². The number of para-hydroxylation sites is 1. The van der Waals surface area contributed by atoms with Crippen LogP contribution in [0.1, 0.15) is 55.5 Å². The standard InChI is InChI=1S/C24H31N3O3/c1-16(2)30-19-10-8-18(9-11-19)26-24(28)20-5-4-6-21-23(20)29-14-13-27(21)22-12-7-17(3)15-25-22/h4-7,12,15-16,18-19H,8-11,13-14H2,1-3H3,(H,26,28). The highest BCUT2D eigenvalue weighted by Gasteiger charge is 2.28. The Morgan fingerprint density at radius 2 is 2.00 bits per heavy atom. The second-order valence-corrected chi connectivity index (χ2v) is 8.48. The number of aryl methyl sites for hydroxylation is 1. The molecule has 4 rings (SSSR count). The van der Waals surface area contributed by atoms with Gasteiger partial charge in [0.1, 0.15) is 12.4 Å². The Bertz CT molecular complexity index is 874. The van der Waals surface area contributed by atoms with Crippen LogP contribution < -0.4 is 15.0 Å². The van der Waals surface area contributed by atoms with Gasteiger partial charge < -0.3 is 19.7 Å². The Kier molecular flexibility index (Phi) is 6.23. The number of rotatable bonds is 5. The van der Waals surface area contributed by atoms with E-state index in [0.29, 0.717) is 30.6 Å². The zero-order chi connectivity index (χ0) is 21.1. The molecule has 1 saturated carbocycles. The van der Waals surface area contributed by atoms with Crippen molar-refractivity contribution in [2.75, 3.05) is 18.1 Å². The topological polar surface area (TPSA) is 63.7 Å². The highest BCUT2D eigenvalue weighted by Crippen LogP contribution is 2.38. The highest BCUT2D eigenvalue weighted by molar-refractivity contribution is 5.99. The zero-order valence-electron chi connectivity index (χ0n) is 18.1. The number of amides is 1. The molecule has 160 valence electrons. The van der Waals surface area contributed by atoms with Crippen LogP contribution in [0.5, 0.6) is 5.75 Å². The fourth-order valence-electron chi connectivity index (χ4n) is 4.28. The molecule has 0 atom stereocenters. The van der Waals surface area contributed by atoms with Crippen LogP contribution in [0.25, 0.3) is 0 Å². The van der Waals surface area contributed by atoms with Gasteiger partial charge in [-0.25, -0.2) is 4.98 Å². The average Bonchev–Trinajstić information content (AvgIpc) is 2.74. The number of nitrogens with zero attached hydrogens (tertiary/aromatic N) is 2. The number of fused-ring (bicyclic) bond motifs is 1. The molecule has 0 spiro atoms. The number of aromatic nitrogens is 1. The van der Waals surface area contributed by atoms with E-state index in [-0.39, 0.29) is 18.1 Å². The highest BCUT2D eigenvalue weighted by atomic mass is 16.5. The molecule has 0 unspecified atom stereocenters. The van der Waals surface area contributed by atoms with Gasteiger partial charge in [-0.15, -0.1) is 0 Å². The Morgan fingerprint density at radius 1 is 1.20 bits per heavy atom. The zero-order valence-corrected chi connectivity index (χ0v) is 18.1. The van der Waals surface area contributed by atoms with E-state index in [0.717, 1.165) is 42.8 Å². The van der Waals surface area contributed by atoms with Crippen LogP contribution in [0, 0.1) is 6.92 Å². The number of carbonyl (C=O) groups is 1. The van der Waals surface area contributed by atoms with Crippen LogP contribution in [0.2, 0.25) is 0 Å². The molecule has 1 aromatic carbocycles. The lowest BCUT2D eigenvalue weighted by atomic mass is 9.92. The number of hydrogen-bond acceptors (Lipinski definition) is 5. The molecular weight excluding hydrogens is 378 g/mol. The third-order valence-electron chi connectivity index (χ3n) is 5.74. The Balaban J connectivity index is 1.47. The third-order valence-corrected chi connectivity index (χ3v) is 5.74. The van der Waals surface area contributed by atoms with Crippen LogP contribution in [-0.2, 0) is 4.74 Å². The van der Waals surface area contributed by atoms with Crippen molar-refractivity contribution in [3.05, 3.63) is 47.7 Å². The van der Waals surface area contributed by atoms with Crippen LogP contribution in [0.15, 0.2) is 36.5 Å². The summed E-state index contributed by atoms with van der Waals surface area (Å²) in [6, 6.07) is 9.98. The minimum atomic E-state index is -0.0706. The van der Waals surface area contributed by atoms with E-state index >= 15 is 0 Å². The molecule has 30 heavy (non-hydrogen) atoms. The lowest BCUT2D eigenvalue weighted by Crippen LogP contribution is -2.40. The maximum absolute atomic E-state index is 13.1. The molecule has 1 aromatic heterocycles. The Labute approximate surface area is 178 Å². The fraction of sp³-hybridized carbons (Fsp3) is 0.500. The molecule has 0 bridgehead atoms. The fourth-order valence-corrected chi connectivity index (χ4v) is 4.28. The van der Waals surface area contributed by atoms with Crippen molar-refractivity contribution in [3.63, 3.8) is 0 Å². The van der Waals surface area contributed by atoms with Gasteiger partial charge in [-0.3, -0.25) is 4.79 Å². The summed E-state index contributed by atoms with van der Waals surface area (Å²) in [5, 5.41) is 3.21. The average molecular weight is 410 g/mol. The summed E-state index contributed by atoms with van der Waals surface area (Å²) in [5.41, 5.74) is 2.60. The summed E-state index contributed by atoms with van der Waals surface area (Å²) in [5.74, 6) is 1.44. The van der Waals surface area contributed by atoms with Gasteiger partial charge >= 0.3 is 0 Å². The number of nitrogens with one attached hydrogen (secondary N) is 1. The lowest BCUT2D eigenvalue weighted by Gasteiger charge is -2.32. The van der Waals surface area contributed by atoms with Gasteiger partial charge in [0, 0.05) is 12.2 Å². The van der Waals surface area contributed by atoms with E-state index in [9.17, 15) is 4.79 Å². The van der Waals surface area contributed by atoms with Gasteiger partial charge in [0.15, 0.2) is 5.75 Å². The van der Waals surface area contributed by atoms with Crippen molar-refractivity contribution in [1.82, 2.24) is 10.3 Å². The molecule has 1 fully saturated rings. The monoisotopic (exact) mass is 409 g/mol. The van der Waals surface area contributed by atoms with Gasteiger partial charge in [0.05, 0.1) is 30.0 Å². The number of ether oxygens (including phenoxy) is 2. The van der Waals surface area contributed by atoms with E-state index in [2.05, 4.69) is 29.0 Å². The number of carbonyl (C=O) groups excluding carboxylic acids is 1. The van der Waals surface area contributed by atoms with Crippen molar-refractivity contribution in [3.8, 4) is 5.75 Å². The second kappa shape index (κ2) is 9.04. The van der Waals surface area contributed by atoms with Crippen molar-refractivity contribution in [1.29, 1.82) is 0 Å². The third kappa shape index (κ3) is 4.59. The van der Waals surface area contributed by atoms with Crippen LogP contribution in [0.4, 0.5) is 11.5 Å². The SMILES string of the molecule is Cc1ccc(N2CCOc3c(C(=O)NC4CCC(OC(C)C)CC4)cccc32)nc1. The predicted molar refractivity (Wildman–Crippen MR) is 118 cm³/mol. The number of benzene rings is 1. The molecule has 1 aliphatic carbocycles. The molecule has 2 aromatic rings. The molecule has 6 nitrogen and oxygen atoms in total. The van der Waals surface area contributed by atoms with Crippen LogP contribution in [0.3, 0.4) is 0 Å². The van der Waals surface area contributed by atoms with Gasteiger partial charge in [-0.2, -0.15) is 0 Å². The minimum absolute atomic E-state index is 0.0706. The minimum Gasteiger partial charge on any atom is -0.489 e. The lowest BCUT2D eigenvalue weighted by molar-refractivity contribution is -0.0159. The van der Waals surface area contributed by atoms with E-state index < -0.39 is 0 Å². The van der Waals surface area contributed by atoms with Gasteiger partial charge in [-0.1, -0.05) is 12.1 Å². The number of pyridine rings is 1. The Morgan fingerprint density at radius 3 is 2.70 bits per heavy atom. The molecule has 2 heterocycles. The summed E-state index contributed by atoms with van der Waals surface area (Å²) >= 11 is 0. The summed E-state index contributed by atoms with van der Waals surface area (Å²) < 4.78 is 11.9. The summed E-state index contributed by atoms with van der Waals surface area (Å²) in [7, 11) is 0. The maximum atomic E-state index is 13.1.